The van der Waals surface area contributed by atoms with E-state index < -0.39 is 0 Å². The molecule has 32 heavy (non-hydrogen) atoms. The average Bonchev–Trinajstić information content (AvgIpc) is 3.23. The van der Waals surface area contributed by atoms with Gasteiger partial charge in [-0.15, -0.1) is 0 Å². The summed E-state index contributed by atoms with van der Waals surface area (Å²) in [7, 11) is 0. The molecule has 1 aliphatic heterocycles. The molecule has 1 amide bonds. The van der Waals surface area contributed by atoms with Gasteiger partial charge in [0.1, 0.15) is 0 Å². The molecule has 3 N–H and O–H groups in total. The fourth-order valence-electron chi connectivity index (χ4n) is 4.04. The van der Waals surface area contributed by atoms with Crippen LogP contribution in [0.25, 0.3) is 22.2 Å². The number of carbonyl (C=O) groups excluding carboxylic acids is 1. The van der Waals surface area contributed by atoms with E-state index in [1.165, 1.54) is 0 Å². The Labute approximate surface area is 187 Å². The first-order valence-electron chi connectivity index (χ1n) is 10.9. The number of hydrogen-bond donors (Lipinski definition) is 3. The summed E-state index contributed by atoms with van der Waals surface area (Å²) in [4.78, 5) is 22.1. The second kappa shape index (κ2) is 8.77. The standard InChI is InChI=1S/C26H25N5O/c1-17-15-27-16-23(17)29-25(32)19-11-13-20(14-12-19)28-26-30-22-10-6-5-9-21(22)24(31-26)18-7-3-2-4-8-18/h2-14,17,23,27H,15-16H2,1H3,(H,29,32)(H,28,30,31). The van der Waals surface area contributed by atoms with Gasteiger partial charge in [-0.2, -0.15) is 0 Å². The molecule has 6 heteroatoms. The molecule has 1 fully saturated rings. The van der Waals surface area contributed by atoms with Crippen molar-refractivity contribution < 1.29 is 4.79 Å². The number of hydrogen-bond acceptors (Lipinski definition) is 5. The maximum Gasteiger partial charge on any atom is 0.251 e. The van der Waals surface area contributed by atoms with Gasteiger partial charge in [-0.3, -0.25) is 4.79 Å². The number of anilines is 2. The molecule has 2 atom stereocenters. The number of fused-ring (bicyclic) bond motifs is 1. The van der Waals surface area contributed by atoms with Crippen molar-refractivity contribution in [3.05, 3.63) is 84.4 Å². The van der Waals surface area contributed by atoms with Gasteiger partial charge in [-0.1, -0.05) is 55.5 Å². The van der Waals surface area contributed by atoms with Crippen molar-refractivity contribution in [3.8, 4) is 11.3 Å². The van der Waals surface area contributed by atoms with Crippen molar-refractivity contribution in [1.29, 1.82) is 0 Å². The number of nitrogens with zero attached hydrogens (tertiary/aromatic N) is 2. The quantitative estimate of drug-likeness (QED) is 0.444. The summed E-state index contributed by atoms with van der Waals surface area (Å²) in [5, 5.41) is 10.7. The molecule has 0 bridgehead atoms. The number of rotatable bonds is 5. The summed E-state index contributed by atoms with van der Waals surface area (Å²) in [6, 6.07) is 25.7. The van der Waals surface area contributed by atoms with E-state index in [1.807, 2.05) is 78.9 Å². The van der Waals surface area contributed by atoms with Crippen molar-refractivity contribution in [2.75, 3.05) is 18.4 Å². The van der Waals surface area contributed by atoms with Crippen LogP contribution in [0.2, 0.25) is 0 Å². The Bertz CT molecular complexity index is 1240. The molecule has 160 valence electrons. The number of amides is 1. The average molecular weight is 424 g/mol. The second-order valence-electron chi connectivity index (χ2n) is 8.20. The smallest absolute Gasteiger partial charge is 0.251 e. The Balaban J connectivity index is 1.38. The maximum absolute atomic E-state index is 12.6. The summed E-state index contributed by atoms with van der Waals surface area (Å²) in [5.41, 5.74) is 4.26. The zero-order valence-corrected chi connectivity index (χ0v) is 17.9. The monoisotopic (exact) mass is 423 g/mol. The van der Waals surface area contributed by atoms with Crippen LogP contribution >= 0.6 is 0 Å². The van der Waals surface area contributed by atoms with Crippen LogP contribution in [0.5, 0.6) is 0 Å². The molecular formula is C26H25N5O. The SMILES string of the molecule is CC1CNCC1NC(=O)c1ccc(Nc2nc(-c3ccccc3)c3ccccc3n2)cc1. The van der Waals surface area contributed by atoms with Crippen LogP contribution < -0.4 is 16.0 Å². The van der Waals surface area contributed by atoms with Gasteiger partial charge in [-0.25, -0.2) is 9.97 Å². The highest BCUT2D eigenvalue weighted by atomic mass is 16.1. The van der Waals surface area contributed by atoms with Gasteiger partial charge in [0.15, 0.2) is 0 Å². The van der Waals surface area contributed by atoms with E-state index in [0.29, 0.717) is 17.4 Å². The minimum absolute atomic E-state index is 0.0505. The normalized spacial score (nSPS) is 17.9. The molecule has 2 unspecified atom stereocenters. The van der Waals surface area contributed by atoms with Gasteiger partial charge < -0.3 is 16.0 Å². The molecule has 3 aromatic carbocycles. The second-order valence-corrected chi connectivity index (χ2v) is 8.20. The number of benzene rings is 3. The summed E-state index contributed by atoms with van der Waals surface area (Å²) in [5.74, 6) is 0.903. The lowest BCUT2D eigenvalue weighted by molar-refractivity contribution is 0.0933. The molecule has 0 saturated carbocycles. The molecule has 2 heterocycles. The first-order chi connectivity index (χ1) is 15.7. The van der Waals surface area contributed by atoms with Gasteiger partial charge >= 0.3 is 0 Å². The van der Waals surface area contributed by atoms with Crippen molar-refractivity contribution in [2.45, 2.75) is 13.0 Å². The fraction of sp³-hybridized carbons (Fsp3) is 0.192. The van der Waals surface area contributed by atoms with E-state index in [9.17, 15) is 4.79 Å². The molecule has 0 radical (unpaired) electrons. The zero-order valence-electron chi connectivity index (χ0n) is 17.9. The highest BCUT2D eigenvalue weighted by Gasteiger charge is 2.24. The van der Waals surface area contributed by atoms with Crippen molar-refractivity contribution >= 4 is 28.4 Å². The molecule has 1 aromatic heterocycles. The lowest BCUT2D eigenvalue weighted by Gasteiger charge is -2.16. The Morgan fingerprint density at radius 2 is 1.66 bits per heavy atom. The fourth-order valence-corrected chi connectivity index (χ4v) is 4.04. The third-order valence-corrected chi connectivity index (χ3v) is 5.89. The van der Waals surface area contributed by atoms with Crippen LogP contribution in [-0.4, -0.2) is 35.0 Å². The van der Waals surface area contributed by atoms with Crippen molar-refractivity contribution in [1.82, 2.24) is 20.6 Å². The Morgan fingerprint density at radius 1 is 0.906 bits per heavy atom. The van der Waals surface area contributed by atoms with E-state index in [2.05, 4.69) is 27.9 Å². The largest absolute Gasteiger partial charge is 0.348 e. The number of para-hydroxylation sites is 1. The first kappa shape index (κ1) is 20.2. The summed E-state index contributed by atoms with van der Waals surface area (Å²) >= 11 is 0. The van der Waals surface area contributed by atoms with E-state index >= 15 is 0 Å². The van der Waals surface area contributed by atoms with Crippen LogP contribution in [0, 0.1) is 5.92 Å². The predicted octanol–water partition coefficient (Wildman–Crippen LogP) is 4.38. The van der Waals surface area contributed by atoms with E-state index in [4.69, 9.17) is 4.98 Å². The Kier molecular flexibility index (Phi) is 5.52. The number of nitrogens with one attached hydrogen (secondary N) is 3. The summed E-state index contributed by atoms with van der Waals surface area (Å²) < 4.78 is 0. The zero-order chi connectivity index (χ0) is 21.9. The molecular weight excluding hydrogens is 398 g/mol. The molecule has 0 aliphatic carbocycles. The van der Waals surface area contributed by atoms with Crippen LogP contribution in [0.1, 0.15) is 17.3 Å². The maximum atomic E-state index is 12.6. The van der Waals surface area contributed by atoms with Crippen molar-refractivity contribution in [3.63, 3.8) is 0 Å². The Morgan fingerprint density at radius 3 is 2.41 bits per heavy atom. The Hall–Kier alpha value is -3.77. The highest BCUT2D eigenvalue weighted by molar-refractivity contribution is 5.95. The van der Waals surface area contributed by atoms with Crippen LogP contribution in [0.4, 0.5) is 11.6 Å². The van der Waals surface area contributed by atoms with Crippen LogP contribution in [0.3, 0.4) is 0 Å². The van der Waals surface area contributed by atoms with Crippen molar-refractivity contribution in [2.24, 2.45) is 5.92 Å². The topological polar surface area (TPSA) is 78.9 Å². The van der Waals surface area contributed by atoms with Gasteiger partial charge in [0, 0.05) is 34.8 Å². The minimum atomic E-state index is -0.0505. The highest BCUT2D eigenvalue weighted by Crippen LogP contribution is 2.28. The summed E-state index contributed by atoms with van der Waals surface area (Å²) in [6.07, 6.45) is 0. The van der Waals surface area contributed by atoms with E-state index in [-0.39, 0.29) is 11.9 Å². The van der Waals surface area contributed by atoms with Gasteiger partial charge in [0.25, 0.3) is 5.91 Å². The molecule has 1 aliphatic rings. The molecule has 5 rings (SSSR count). The molecule has 1 saturated heterocycles. The van der Waals surface area contributed by atoms with Gasteiger partial charge in [0.05, 0.1) is 11.2 Å². The molecule has 0 spiro atoms. The third kappa shape index (κ3) is 4.18. The lowest BCUT2D eigenvalue weighted by atomic mass is 10.1. The van der Waals surface area contributed by atoms with E-state index in [1.54, 1.807) is 0 Å². The number of carbonyl (C=O) groups is 1. The van der Waals surface area contributed by atoms with E-state index in [0.717, 1.165) is 40.9 Å². The number of aromatic nitrogens is 2. The van der Waals surface area contributed by atoms with Crippen LogP contribution in [0.15, 0.2) is 78.9 Å². The molecule has 6 nitrogen and oxygen atoms in total. The lowest BCUT2D eigenvalue weighted by Crippen LogP contribution is -2.39. The van der Waals surface area contributed by atoms with Gasteiger partial charge in [-0.05, 0) is 42.8 Å². The molecule has 4 aromatic rings. The first-order valence-corrected chi connectivity index (χ1v) is 10.9. The minimum Gasteiger partial charge on any atom is -0.348 e. The van der Waals surface area contributed by atoms with Gasteiger partial charge in [0.2, 0.25) is 5.95 Å². The summed E-state index contributed by atoms with van der Waals surface area (Å²) in [6.45, 7) is 3.89. The predicted molar refractivity (Wildman–Crippen MR) is 128 cm³/mol. The van der Waals surface area contributed by atoms with Crippen LogP contribution in [-0.2, 0) is 0 Å². The third-order valence-electron chi connectivity index (χ3n) is 5.89.